The molecule has 0 N–H and O–H groups in total. The molecule has 0 saturated heterocycles. The van der Waals surface area contributed by atoms with Crippen molar-refractivity contribution in [2.75, 3.05) is 6.61 Å². The molecule has 0 unspecified atom stereocenters. The van der Waals surface area contributed by atoms with Crippen LogP contribution in [0, 0.1) is 0 Å². The summed E-state index contributed by atoms with van der Waals surface area (Å²) in [6, 6.07) is 0. The lowest BCUT2D eigenvalue weighted by Crippen LogP contribution is -1.90. The number of rotatable bonds is 0. The van der Waals surface area contributed by atoms with E-state index in [1.165, 1.54) is 0 Å². The van der Waals surface area contributed by atoms with Crippen LogP contribution in [0.4, 0.5) is 0 Å². The Morgan fingerprint density at radius 3 is 3.00 bits per heavy atom. The molecule has 2 heterocycles. The van der Waals surface area contributed by atoms with Crippen molar-refractivity contribution in [2.24, 2.45) is 0 Å². The molecule has 0 aromatic carbocycles. The second kappa shape index (κ2) is 0.941. The summed E-state index contributed by atoms with van der Waals surface area (Å²) in [6.07, 6.45) is 2.22. The van der Waals surface area contributed by atoms with E-state index in [1.807, 2.05) is 0 Å². The third-order valence-electron chi connectivity index (χ3n) is 1.18. The lowest BCUT2D eigenvalue weighted by Gasteiger charge is -1.95. The third kappa shape index (κ3) is 0.391. The fourth-order valence-corrected chi connectivity index (χ4v) is 0.747. The van der Waals surface area contributed by atoms with Crippen molar-refractivity contribution >= 4 is 0 Å². The molecule has 2 aliphatic rings. The predicted octanol–water partition coefficient (Wildman–Crippen LogP) is 0.996. The lowest BCUT2D eigenvalue weighted by atomic mass is 10.3. The monoisotopic (exact) mass is 98.0 g/mol. The van der Waals surface area contributed by atoms with E-state index in [2.05, 4.69) is 0 Å². The molecule has 2 heteroatoms. The van der Waals surface area contributed by atoms with Gasteiger partial charge in [-0.3, -0.25) is 0 Å². The van der Waals surface area contributed by atoms with E-state index in [0.29, 0.717) is 0 Å². The second-order valence-electron chi connectivity index (χ2n) is 1.76. The minimum atomic E-state index is 0.797. The maximum Gasteiger partial charge on any atom is 0.325 e. The van der Waals surface area contributed by atoms with Crippen LogP contribution in [0.1, 0.15) is 12.8 Å². The van der Waals surface area contributed by atoms with E-state index in [0.717, 1.165) is 31.2 Å². The predicted molar refractivity (Wildman–Crippen MR) is 23.3 cm³/mol. The van der Waals surface area contributed by atoms with Crippen molar-refractivity contribution in [3.8, 4) is 0 Å². The molecule has 0 aliphatic carbocycles. The van der Waals surface area contributed by atoms with Gasteiger partial charge < -0.3 is 9.47 Å². The van der Waals surface area contributed by atoms with Gasteiger partial charge in [0, 0.05) is 6.42 Å². The summed E-state index contributed by atoms with van der Waals surface area (Å²) < 4.78 is 9.90. The Hall–Kier alpha value is -0.660. The van der Waals surface area contributed by atoms with Crippen LogP contribution >= 0.6 is 0 Å². The van der Waals surface area contributed by atoms with E-state index in [-0.39, 0.29) is 0 Å². The van der Waals surface area contributed by atoms with Crippen LogP contribution in [0.25, 0.3) is 0 Å². The molecule has 0 saturated carbocycles. The van der Waals surface area contributed by atoms with Gasteiger partial charge in [0.15, 0.2) is 5.76 Å². The second-order valence-corrected chi connectivity index (χ2v) is 1.76. The standard InChI is InChI=1S/C5H6O2/c1-2-4-5(7-4)6-3-1/h1-3H2. The molecule has 7 heavy (non-hydrogen) atoms. The molecular weight excluding hydrogens is 92.1 g/mol. The highest BCUT2D eigenvalue weighted by Crippen LogP contribution is 2.34. The van der Waals surface area contributed by atoms with Gasteiger partial charge in [0.05, 0.1) is 6.61 Å². The third-order valence-corrected chi connectivity index (χ3v) is 1.18. The van der Waals surface area contributed by atoms with Gasteiger partial charge in [-0.1, -0.05) is 0 Å². The highest BCUT2D eigenvalue weighted by molar-refractivity contribution is 5.12. The fraction of sp³-hybridized carbons (Fsp3) is 0.600. The molecular formula is C5H6O2. The molecule has 0 radical (unpaired) electrons. The number of allylic oxidation sites excluding steroid dienone is 1. The number of hydrogen-bond donors (Lipinski definition) is 0. The molecule has 0 aromatic heterocycles. The Kier molecular flexibility index (Phi) is 0.451. The zero-order valence-electron chi connectivity index (χ0n) is 3.94. The van der Waals surface area contributed by atoms with E-state index in [4.69, 9.17) is 9.47 Å². The zero-order valence-corrected chi connectivity index (χ0v) is 3.94. The molecule has 38 valence electrons. The summed E-state index contributed by atoms with van der Waals surface area (Å²) in [5.74, 6) is 1.87. The molecule has 2 rings (SSSR count). The molecule has 0 spiro atoms. The van der Waals surface area contributed by atoms with Gasteiger partial charge in [-0.25, -0.2) is 0 Å². The maximum atomic E-state index is 5.01. The Morgan fingerprint density at radius 2 is 2.43 bits per heavy atom. The number of ether oxygens (including phenoxy) is 2. The van der Waals surface area contributed by atoms with Crippen LogP contribution in [0.15, 0.2) is 11.7 Å². The minimum Gasteiger partial charge on any atom is -0.463 e. The Balaban J connectivity index is 2.15. The quantitative estimate of drug-likeness (QED) is 0.450. The van der Waals surface area contributed by atoms with Gasteiger partial charge in [0.25, 0.3) is 0 Å². The average Bonchev–Trinajstić information content (AvgIpc) is 2.41. The van der Waals surface area contributed by atoms with Crippen LogP contribution in [0.3, 0.4) is 0 Å². The average molecular weight is 98.1 g/mol. The van der Waals surface area contributed by atoms with Gasteiger partial charge in [-0.15, -0.1) is 0 Å². The zero-order chi connectivity index (χ0) is 4.69. The van der Waals surface area contributed by atoms with E-state index >= 15 is 0 Å². The lowest BCUT2D eigenvalue weighted by molar-refractivity contribution is 0.161. The fourth-order valence-electron chi connectivity index (χ4n) is 0.747. The molecule has 0 fully saturated rings. The first-order valence-electron chi connectivity index (χ1n) is 2.50. The highest BCUT2D eigenvalue weighted by atomic mass is 16.7. The normalized spacial score (nSPS) is 25.1. The van der Waals surface area contributed by atoms with Crippen molar-refractivity contribution < 1.29 is 9.47 Å². The molecule has 0 aromatic rings. The summed E-state index contributed by atoms with van der Waals surface area (Å²) in [7, 11) is 0. The summed E-state index contributed by atoms with van der Waals surface area (Å²) in [5, 5.41) is 0. The summed E-state index contributed by atoms with van der Waals surface area (Å²) in [4.78, 5) is 0. The van der Waals surface area contributed by atoms with Gasteiger partial charge in [-0.2, -0.15) is 0 Å². The smallest absolute Gasteiger partial charge is 0.325 e. The molecule has 0 amide bonds. The summed E-state index contributed by atoms with van der Waals surface area (Å²) >= 11 is 0. The van der Waals surface area contributed by atoms with Crippen molar-refractivity contribution in [2.45, 2.75) is 12.8 Å². The van der Waals surface area contributed by atoms with Crippen molar-refractivity contribution in [1.29, 1.82) is 0 Å². The maximum absolute atomic E-state index is 5.01. The first-order valence-corrected chi connectivity index (χ1v) is 2.50. The summed E-state index contributed by atoms with van der Waals surface area (Å²) in [5.41, 5.74) is 0. The van der Waals surface area contributed by atoms with Gasteiger partial charge in [-0.05, 0) is 6.42 Å². The molecule has 2 nitrogen and oxygen atoms in total. The first-order chi connectivity index (χ1) is 3.47. The first kappa shape index (κ1) is 3.36. The topological polar surface area (TPSA) is 21.8 Å². The van der Waals surface area contributed by atoms with Crippen LogP contribution in [-0.4, -0.2) is 6.61 Å². The Morgan fingerprint density at radius 1 is 1.43 bits per heavy atom. The Bertz CT molecular complexity index is 112. The van der Waals surface area contributed by atoms with E-state index in [9.17, 15) is 0 Å². The van der Waals surface area contributed by atoms with Crippen molar-refractivity contribution in [1.82, 2.24) is 0 Å². The van der Waals surface area contributed by atoms with Crippen LogP contribution in [0.2, 0.25) is 0 Å². The minimum absolute atomic E-state index is 0.797. The highest BCUT2D eigenvalue weighted by Gasteiger charge is 2.29. The largest absolute Gasteiger partial charge is 0.463 e. The molecule has 0 atom stereocenters. The van der Waals surface area contributed by atoms with Crippen LogP contribution in [-0.2, 0) is 9.47 Å². The Labute approximate surface area is 41.7 Å². The van der Waals surface area contributed by atoms with Crippen molar-refractivity contribution in [3.05, 3.63) is 11.7 Å². The van der Waals surface area contributed by atoms with Gasteiger partial charge in [0.2, 0.25) is 0 Å². The summed E-state index contributed by atoms with van der Waals surface area (Å²) in [6.45, 7) is 0.846. The number of hydrogen-bond acceptors (Lipinski definition) is 2. The van der Waals surface area contributed by atoms with Gasteiger partial charge in [0.1, 0.15) is 0 Å². The molecule has 0 bridgehead atoms. The SMILES string of the molecule is C1COC2=C(C1)O2. The van der Waals surface area contributed by atoms with E-state index in [1.54, 1.807) is 0 Å². The van der Waals surface area contributed by atoms with Crippen LogP contribution < -0.4 is 0 Å². The molecule has 2 aliphatic heterocycles. The van der Waals surface area contributed by atoms with Gasteiger partial charge >= 0.3 is 5.95 Å². The van der Waals surface area contributed by atoms with Crippen LogP contribution in [0.5, 0.6) is 0 Å². The van der Waals surface area contributed by atoms with Crippen molar-refractivity contribution in [3.63, 3.8) is 0 Å². The van der Waals surface area contributed by atoms with E-state index < -0.39 is 0 Å².